The summed E-state index contributed by atoms with van der Waals surface area (Å²) >= 11 is 2.10. The van der Waals surface area contributed by atoms with Gasteiger partial charge in [0.2, 0.25) is 0 Å². The molecule has 10 rings (SSSR count). The summed E-state index contributed by atoms with van der Waals surface area (Å²) in [7, 11) is 0. The third-order valence-corrected chi connectivity index (χ3v) is 15.6. The number of benzene rings is 6. The molecule has 0 amide bonds. The fourth-order valence-electron chi connectivity index (χ4n) is 10.6. The molecule has 2 aliphatic heterocycles. The Morgan fingerprint density at radius 2 is 1.18 bits per heavy atom. The first-order chi connectivity index (χ1) is 28.9. The van der Waals surface area contributed by atoms with Gasteiger partial charge in [0.05, 0.1) is 11.4 Å². The standard InChI is InChI=1S/C57H59BN2S/c1-36-33-47-50-48(34-36)60(45-24-18-16-22-42(45)37-19-13-12-14-20-37)46-35-38(41-21-15-17-23-43(41)55(5,6)7)25-30-44(46)58(50)53-51(49-52(61-53)57(10,11)32-31-56(49,8)9)59(47)40-28-26-39(27-29-40)54(2,3)4/h12-30,33-35H,31-32H2,1-11H3. The third-order valence-electron chi connectivity index (χ3n) is 14.0. The molecule has 0 unspecified atom stereocenters. The van der Waals surface area contributed by atoms with Crippen molar-refractivity contribution in [2.24, 2.45) is 0 Å². The summed E-state index contributed by atoms with van der Waals surface area (Å²) < 4.78 is 1.48. The smallest absolute Gasteiger partial charge is 0.264 e. The molecule has 4 heteroatoms. The van der Waals surface area contributed by atoms with Crippen LogP contribution in [0.15, 0.2) is 133 Å². The fraction of sp³-hybridized carbons (Fsp3) is 0.298. The number of rotatable bonds is 4. The van der Waals surface area contributed by atoms with Gasteiger partial charge in [-0.25, -0.2) is 0 Å². The van der Waals surface area contributed by atoms with Gasteiger partial charge in [-0.05, 0) is 128 Å². The summed E-state index contributed by atoms with van der Waals surface area (Å²) in [5.41, 5.74) is 21.1. The van der Waals surface area contributed by atoms with Crippen molar-refractivity contribution in [3.8, 4) is 22.3 Å². The summed E-state index contributed by atoms with van der Waals surface area (Å²) in [6.45, 7) is 26.3. The number of fused-ring (bicyclic) bond motifs is 6. The van der Waals surface area contributed by atoms with Gasteiger partial charge in [0.1, 0.15) is 0 Å². The number of anilines is 6. The van der Waals surface area contributed by atoms with Crippen LogP contribution in [-0.4, -0.2) is 6.71 Å². The van der Waals surface area contributed by atoms with Crippen molar-refractivity contribution in [2.75, 3.05) is 9.80 Å². The van der Waals surface area contributed by atoms with E-state index < -0.39 is 0 Å². The topological polar surface area (TPSA) is 6.48 Å². The van der Waals surface area contributed by atoms with Gasteiger partial charge in [0, 0.05) is 38.0 Å². The second-order valence-corrected chi connectivity index (χ2v) is 22.4. The molecule has 0 radical (unpaired) electrons. The van der Waals surface area contributed by atoms with E-state index in [9.17, 15) is 0 Å². The Kier molecular flexibility index (Phi) is 9.03. The number of aryl methyl sites for hydroxylation is 1. The zero-order valence-corrected chi connectivity index (χ0v) is 38.8. The molecule has 3 heterocycles. The molecule has 0 saturated carbocycles. The molecule has 0 fully saturated rings. The van der Waals surface area contributed by atoms with Crippen molar-refractivity contribution < 1.29 is 0 Å². The van der Waals surface area contributed by atoms with Crippen molar-refractivity contribution >= 4 is 67.9 Å². The lowest BCUT2D eigenvalue weighted by Crippen LogP contribution is -2.60. The lowest BCUT2D eigenvalue weighted by molar-refractivity contribution is 0.339. The van der Waals surface area contributed by atoms with Gasteiger partial charge in [-0.3, -0.25) is 0 Å². The molecular weight excluding hydrogens is 756 g/mol. The molecule has 0 atom stereocenters. The molecule has 61 heavy (non-hydrogen) atoms. The van der Waals surface area contributed by atoms with E-state index >= 15 is 0 Å². The van der Waals surface area contributed by atoms with Crippen LogP contribution in [0.4, 0.5) is 34.1 Å². The van der Waals surface area contributed by atoms with Gasteiger partial charge in [0.25, 0.3) is 6.71 Å². The molecule has 0 spiro atoms. The zero-order chi connectivity index (χ0) is 42.8. The maximum Gasteiger partial charge on any atom is 0.264 e. The Hall–Kier alpha value is -5.32. The lowest BCUT2D eigenvalue weighted by Gasteiger charge is -2.45. The Balaban J connectivity index is 1.32. The number of nitrogens with zero attached hydrogens (tertiary/aromatic N) is 2. The molecule has 0 saturated heterocycles. The molecular formula is C57H59BN2S. The highest BCUT2D eigenvalue weighted by molar-refractivity contribution is 7.29. The van der Waals surface area contributed by atoms with Gasteiger partial charge < -0.3 is 9.80 Å². The summed E-state index contributed by atoms with van der Waals surface area (Å²) in [4.78, 5) is 6.87. The van der Waals surface area contributed by atoms with Gasteiger partial charge in [-0.2, -0.15) is 11.3 Å². The normalized spacial score (nSPS) is 16.1. The summed E-state index contributed by atoms with van der Waals surface area (Å²) in [5.74, 6) is 0. The van der Waals surface area contributed by atoms with Crippen LogP contribution >= 0.6 is 11.3 Å². The van der Waals surface area contributed by atoms with Crippen molar-refractivity contribution in [3.05, 3.63) is 161 Å². The largest absolute Gasteiger partial charge is 0.311 e. The molecule has 6 aromatic carbocycles. The maximum absolute atomic E-state index is 2.68. The van der Waals surface area contributed by atoms with Crippen LogP contribution in [0.25, 0.3) is 22.3 Å². The predicted molar refractivity (Wildman–Crippen MR) is 267 cm³/mol. The van der Waals surface area contributed by atoms with Crippen LogP contribution in [0.5, 0.6) is 0 Å². The van der Waals surface area contributed by atoms with E-state index in [4.69, 9.17) is 0 Å². The average Bonchev–Trinajstić information content (AvgIpc) is 3.65. The fourth-order valence-corrected chi connectivity index (χ4v) is 12.4. The summed E-state index contributed by atoms with van der Waals surface area (Å²) in [6.07, 6.45) is 2.35. The number of hydrogen-bond donors (Lipinski definition) is 0. The van der Waals surface area contributed by atoms with E-state index in [1.807, 2.05) is 0 Å². The van der Waals surface area contributed by atoms with Crippen LogP contribution in [0, 0.1) is 6.92 Å². The highest BCUT2D eigenvalue weighted by Gasteiger charge is 2.51. The van der Waals surface area contributed by atoms with E-state index in [2.05, 4.69) is 231 Å². The van der Waals surface area contributed by atoms with Gasteiger partial charge in [0.15, 0.2) is 0 Å². The van der Waals surface area contributed by atoms with Crippen LogP contribution < -0.4 is 25.5 Å². The molecule has 1 aliphatic carbocycles. The number of thiophene rings is 1. The molecule has 306 valence electrons. The molecule has 2 nitrogen and oxygen atoms in total. The highest BCUT2D eigenvalue weighted by atomic mass is 32.1. The van der Waals surface area contributed by atoms with Crippen LogP contribution in [-0.2, 0) is 21.7 Å². The minimum atomic E-state index is -0.00678. The first-order valence-electron chi connectivity index (χ1n) is 22.4. The second-order valence-electron chi connectivity index (χ2n) is 21.4. The van der Waals surface area contributed by atoms with E-state index in [-0.39, 0.29) is 28.4 Å². The van der Waals surface area contributed by atoms with E-state index in [1.54, 1.807) is 10.4 Å². The Morgan fingerprint density at radius 1 is 0.557 bits per heavy atom. The van der Waals surface area contributed by atoms with Crippen molar-refractivity contribution in [1.29, 1.82) is 0 Å². The van der Waals surface area contributed by atoms with E-state index in [1.165, 1.54) is 102 Å². The Bertz CT molecular complexity index is 2850. The first-order valence-corrected chi connectivity index (χ1v) is 23.2. The molecule has 3 aliphatic rings. The van der Waals surface area contributed by atoms with Gasteiger partial charge >= 0.3 is 0 Å². The number of hydrogen-bond acceptors (Lipinski definition) is 3. The third kappa shape index (κ3) is 6.34. The number of para-hydroxylation sites is 1. The average molecular weight is 815 g/mol. The van der Waals surface area contributed by atoms with Crippen molar-refractivity contribution in [3.63, 3.8) is 0 Å². The molecule has 1 aromatic heterocycles. The SMILES string of the molecule is Cc1cc2c3c(c1)N(c1ccc(C(C)(C)C)cc1)c1c(sc4c1C(C)(C)CCC4(C)C)B3c1ccc(-c3ccccc3C(C)(C)C)cc1N2c1ccccc1-c1ccccc1. The quantitative estimate of drug-likeness (QED) is 0.163. The molecule has 0 bridgehead atoms. The zero-order valence-electron chi connectivity index (χ0n) is 38.0. The van der Waals surface area contributed by atoms with Gasteiger partial charge in [-0.1, -0.05) is 166 Å². The molecule has 7 aromatic rings. The summed E-state index contributed by atoms with van der Waals surface area (Å²) in [6, 6.07) is 50.9. The molecule has 0 N–H and O–H groups in total. The predicted octanol–water partition coefficient (Wildman–Crippen LogP) is 14.4. The van der Waals surface area contributed by atoms with E-state index in [0.29, 0.717) is 0 Å². The Morgan fingerprint density at radius 3 is 1.87 bits per heavy atom. The Labute approximate surface area is 369 Å². The summed E-state index contributed by atoms with van der Waals surface area (Å²) in [5, 5.41) is 0. The lowest BCUT2D eigenvalue weighted by atomic mass is 9.36. The van der Waals surface area contributed by atoms with Crippen molar-refractivity contribution in [1.82, 2.24) is 0 Å². The van der Waals surface area contributed by atoms with Gasteiger partial charge in [-0.15, -0.1) is 0 Å². The van der Waals surface area contributed by atoms with E-state index in [0.717, 1.165) is 0 Å². The minimum absolute atomic E-state index is 0.00678. The monoisotopic (exact) mass is 814 g/mol. The minimum Gasteiger partial charge on any atom is -0.311 e. The van der Waals surface area contributed by atoms with Crippen molar-refractivity contribution in [2.45, 2.75) is 111 Å². The first kappa shape index (κ1) is 39.8. The van der Waals surface area contributed by atoms with Crippen LogP contribution in [0.2, 0.25) is 0 Å². The van der Waals surface area contributed by atoms with Crippen LogP contribution in [0.3, 0.4) is 0 Å². The maximum atomic E-state index is 2.68. The highest BCUT2D eigenvalue weighted by Crippen LogP contribution is 2.56. The second kappa shape index (κ2) is 13.8. The van der Waals surface area contributed by atoms with Crippen LogP contribution in [0.1, 0.15) is 109 Å².